The summed E-state index contributed by atoms with van der Waals surface area (Å²) in [5.41, 5.74) is 3.98. The quantitative estimate of drug-likeness (QED) is 0.675. The third-order valence-electron chi connectivity index (χ3n) is 3.74. The van der Waals surface area contributed by atoms with Crippen LogP contribution in [-0.2, 0) is 6.42 Å². The Morgan fingerprint density at radius 2 is 1.84 bits per heavy atom. The molecule has 3 rings (SSSR count). The van der Waals surface area contributed by atoms with Gasteiger partial charge in [0.05, 0.1) is 11.4 Å². The van der Waals surface area contributed by atoms with Crippen molar-refractivity contribution in [3.63, 3.8) is 0 Å². The van der Waals surface area contributed by atoms with Gasteiger partial charge >= 0.3 is 0 Å². The minimum absolute atomic E-state index is 0.732. The van der Waals surface area contributed by atoms with Gasteiger partial charge in [-0.2, -0.15) is 0 Å². The number of benzene rings is 2. The highest BCUT2D eigenvalue weighted by Crippen LogP contribution is 2.45. The van der Waals surface area contributed by atoms with Gasteiger partial charge in [0.25, 0.3) is 0 Å². The van der Waals surface area contributed by atoms with E-state index in [1.165, 1.54) is 33.2 Å². The van der Waals surface area contributed by atoms with E-state index in [0.717, 1.165) is 12.3 Å². The molecule has 1 atom stereocenters. The number of hydrogen-bond donors (Lipinski definition) is 1. The van der Waals surface area contributed by atoms with Crippen LogP contribution in [0.2, 0.25) is 0 Å². The standard InChI is InChI=1S/C17H19NS/c1-3-12(2)11-13-7-6-10-16-17(13)18-14-8-4-5-9-15(14)19-16/h4-10,12,18H,3,11H2,1-2H3. The lowest BCUT2D eigenvalue weighted by Crippen LogP contribution is -2.06. The molecule has 1 heterocycles. The van der Waals surface area contributed by atoms with Crippen molar-refractivity contribution < 1.29 is 0 Å². The lowest BCUT2D eigenvalue weighted by molar-refractivity contribution is 0.560. The van der Waals surface area contributed by atoms with E-state index in [-0.39, 0.29) is 0 Å². The number of fused-ring (bicyclic) bond motifs is 2. The van der Waals surface area contributed by atoms with Crippen LogP contribution in [0.1, 0.15) is 25.8 Å². The maximum Gasteiger partial charge on any atom is 0.0559 e. The molecule has 2 aromatic carbocycles. The Bertz CT molecular complexity index is 592. The molecule has 0 saturated carbocycles. The summed E-state index contributed by atoms with van der Waals surface area (Å²) >= 11 is 1.87. The second-order valence-corrected chi connectivity index (χ2v) is 6.31. The lowest BCUT2D eigenvalue weighted by atomic mass is 9.97. The van der Waals surface area contributed by atoms with Crippen LogP contribution in [-0.4, -0.2) is 0 Å². The van der Waals surface area contributed by atoms with Gasteiger partial charge in [-0.15, -0.1) is 0 Å². The Balaban J connectivity index is 1.96. The normalized spacial score (nSPS) is 14.2. The highest BCUT2D eigenvalue weighted by atomic mass is 32.2. The zero-order chi connectivity index (χ0) is 13.2. The predicted octanol–water partition coefficient (Wildman–Crippen LogP) is 5.48. The monoisotopic (exact) mass is 269 g/mol. The minimum Gasteiger partial charge on any atom is -0.353 e. The van der Waals surface area contributed by atoms with Gasteiger partial charge in [0.2, 0.25) is 0 Å². The first-order valence-electron chi connectivity index (χ1n) is 6.93. The molecule has 1 N–H and O–H groups in total. The van der Waals surface area contributed by atoms with Crippen LogP contribution in [0, 0.1) is 5.92 Å². The number of anilines is 2. The van der Waals surface area contributed by atoms with Crippen molar-refractivity contribution in [1.29, 1.82) is 0 Å². The molecule has 0 radical (unpaired) electrons. The van der Waals surface area contributed by atoms with E-state index < -0.39 is 0 Å². The van der Waals surface area contributed by atoms with Gasteiger partial charge in [-0.25, -0.2) is 0 Å². The molecule has 0 bridgehead atoms. The third kappa shape index (κ3) is 2.50. The van der Waals surface area contributed by atoms with E-state index >= 15 is 0 Å². The molecule has 19 heavy (non-hydrogen) atoms. The fourth-order valence-corrected chi connectivity index (χ4v) is 3.45. The van der Waals surface area contributed by atoms with Crippen molar-refractivity contribution in [1.82, 2.24) is 0 Å². The topological polar surface area (TPSA) is 12.0 Å². The van der Waals surface area contributed by atoms with Gasteiger partial charge < -0.3 is 5.32 Å². The molecular formula is C17H19NS. The van der Waals surface area contributed by atoms with Crippen molar-refractivity contribution >= 4 is 23.1 Å². The average molecular weight is 269 g/mol. The number of para-hydroxylation sites is 2. The summed E-state index contributed by atoms with van der Waals surface area (Å²) in [6.45, 7) is 4.58. The Labute approximate surface area is 119 Å². The minimum atomic E-state index is 0.732. The maximum absolute atomic E-state index is 3.62. The second kappa shape index (κ2) is 5.30. The Morgan fingerprint density at radius 3 is 2.68 bits per heavy atom. The molecular weight excluding hydrogens is 250 g/mol. The number of rotatable bonds is 3. The average Bonchev–Trinajstić information content (AvgIpc) is 2.45. The van der Waals surface area contributed by atoms with E-state index in [2.05, 4.69) is 61.6 Å². The van der Waals surface area contributed by atoms with E-state index in [9.17, 15) is 0 Å². The molecule has 2 aromatic rings. The highest BCUT2D eigenvalue weighted by molar-refractivity contribution is 7.99. The van der Waals surface area contributed by atoms with E-state index in [0.29, 0.717) is 0 Å². The summed E-state index contributed by atoms with van der Waals surface area (Å²) < 4.78 is 0. The zero-order valence-electron chi connectivity index (χ0n) is 11.4. The number of hydrogen-bond acceptors (Lipinski definition) is 2. The SMILES string of the molecule is CCC(C)Cc1cccc2c1Nc1ccccc1S2. The van der Waals surface area contributed by atoms with Gasteiger partial charge in [-0.05, 0) is 36.1 Å². The molecule has 0 fully saturated rings. The van der Waals surface area contributed by atoms with Crippen molar-refractivity contribution in [2.24, 2.45) is 5.92 Å². The zero-order valence-corrected chi connectivity index (χ0v) is 12.3. The molecule has 0 aromatic heterocycles. The fourth-order valence-electron chi connectivity index (χ4n) is 2.41. The van der Waals surface area contributed by atoms with Gasteiger partial charge in [-0.3, -0.25) is 0 Å². The van der Waals surface area contributed by atoms with E-state index in [1.54, 1.807) is 0 Å². The maximum atomic E-state index is 3.62. The molecule has 1 aliphatic heterocycles. The molecule has 1 unspecified atom stereocenters. The first-order valence-corrected chi connectivity index (χ1v) is 7.75. The summed E-state index contributed by atoms with van der Waals surface area (Å²) in [6, 6.07) is 15.2. The van der Waals surface area contributed by atoms with Crippen molar-refractivity contribution in [2.45, 2.75) is 36.5 Å². The van der Waals surface area contributed by atoms with Crippen molar-refractivity contribution in [2.75, 3.05) is 5.32 Å². The van der Waals surface area contributed by atoms with Crippen molar-refractivity contribution in [3.8, 4) is 0 Å². The summed E-state index contributed by atoms with van der Waals surface area (Å²) in [7, 11) is 0. The third-order valence-corrected chi connectivity index (χ3v) is 4.88. The molecule has 1 nitrogen and oxygen atoms in total. The van der Waals surface area contributed by atoms with Crippen LogP contribution >= 0.6 is 11.8 Å². The van der Waals surface area contributed by atoms with Gasteiger partial charge in [0, 0.05) is 9.79 Å². The van der Waals surface area contributed by atoms with E-state index in [1.807, 2.05) is 11.8 Å². The summed E-state index contributed by atoms with van der Waals surface area (Å²) in [4.78, 5) is 2.66. The van der Waals surface area contributed by atoms with Crippen LogP contribution in [0.4, 0.5) is 11.4 Å². The summed E-state index contributed by atoms with van der Waals surface area (Å²) in [5, 5.41) is 3.62. The van der Waals surface area contributed by atoms with Crippen LogP contribution in [0.5, 0.6) is 0 Å². The molecule has 0 saturated heterocycles. The van der Waals surface area contributed by atoms with Crippen LogP contribution in [0.15, 0.2) is 52.3 Å². The van der Waals surface area contributed by atoms with Gasteiger partial charge in [0.15, 0.2) is 0 Å². The van der Waals surface area contributed by atoms with Crippen molar-refractivity contribution in [3.05, 3.63) is 48.0 Å². The first kappa shape index (κ1) is 12.6. The molecule has 0 amide bonds. The lowest BCUT2D eigenvalue weighted by Gasteiger charge is -2.24. The molecule has 2 heteroatoms. The van der Waals surface area contributed by atoms with Gasteiger partial charge in [0.1, 0.15) is 0 Å². The smallest absolute Gasteiger partial charge is 0.0559 e. The molecule has 1 aliphatic rings. The van der Waals surface area contributed by atoms with Crippen LogP contribution in [0.25, 0.3) is 0 Å². The van der Waals surface area contributed by atoms with E-state index in [4.69, 9.17) is 0 Å². The molecule has 98 valence electrons. The first-order chi connectivity index (χ1) is 9.28. The Morgan fingerprint density at radius 1 is 1.05 bits per heavy atom. The molecule has 0 aliphatic carbocycles. The van der Waals surface area contributed by atoms with Crippen LogP contribution in [0.3, 0.4) is 0 Å². The molecule has 0 spiro atoms. The largest absolute Gasteiger partial charge is 0.353 e. The Kier molecular flexibility index (Phi) is 3.52. The highest BCUT2D eigenvalue weighted by Gasteiger charge is 2.18. The fraction of sp³-hybridized carbons (Fsp3) is 0.294. The number of nitrogens with one attached hydrogen (secondary N) is 1. The van der Waals surface area contributed by atoms with Gasteiger partial charge in [-0.1, -0.05) is 56.3 Å². The van der Waals surface area contributed by atoms with Crippen LogP contribution < -0.4 is 5.32 Å². The second-order valence-electron chi connectivity index (χ2n) is 5.23. The summed E-state index contributed by atoms with van der Waals surface area (Å²) in [6.07, 6.45) is 2.38. The summed E-state index contributed by atoms with van der Waals surface area (Å²) in [5.74, 6) is 0.732. The predicted molar refractivity (Wildman–Crippen MR) is 83.4 cm³/mol. The Hall–Kier alpha value is -1.41.